The molecule has 0 saturated carbocycles. The highest BCUT2D eigenvalue weighted by Crippen LogP contribution is 2.14. The molecule has 2 heteroatoms. The summed E-state index contributed by atoms with van der Waals surface area (Å²) in [6.07, 6.45) is 5.58. The first-order chi connectivity index (χ1) is 8.38. The van der Waals surface area contributed by atoms with Crippen LogP contribution in [-0.4, -0.2) is 6.08 Å². The SMILES string of the molecule is O=C=Nc1ccc(C=Cc2ccccc2)cc1. The van der Waals surface area contributed by atoms with E-state index in [-0.39, 0.29) is 0 Å². The predicted octanol–water partition coefficient (Wildman–Crippen LogP) is 3.82. The van der Waals surface area contributed by atoms with Crippen molar-refractivity contribution in [1.29, 1.82) is 0 Å². The van der Waals surface area contributed by atoms with Crippen molar-refractivity contribution in [2.45, 2.75) is 0 Å². The molecule has 0 fully saturated rings. The Balaban J connectivity index is 2.14. The summed E-state index contributed by atoms with van der Waals surface area (Å²) in [5.41, 5.74) is 2.85. The van der Waals surface area contributed by atoms with E-state index in [0.29, 0.717) is 5.69 Å². The Labute approximate surface area is 100.0 Å². The van der Waals surface area contributed by atoms with Gasteiger partial charge in [0, 0.05) is 0 Å². The zero-order chi connectivity index (χ0) is 11.9. The van der Waals surface area contributed by atoms with E-state index < -0.39 is 0 Å². The molecule has 2 aromatic carbocycles. The lowest BCUT2D eigenvalue weighted by molar-refractivity contribution is 0.565. The summed E-state index contributed by atoms with van der Waals surface area (Å²) in [6, 6.07) is 17.5. The average molecular weight is 221 g/mol. The highest BCUT2D eigenvalue weighted by Gasteiger charge is 1.89. The molecule has 0 heterocycles. The van der Waals surface area contributed by atoms with E-state index in [1.807, 2.05) is 54.6 Å². The van der Waals surface area contributed by atoms with Gasteiger partial charge in [0.1, 0.15) is 0 Å². The van der Waals surface area contributed by atoms with Crippen LogP contribution in [-0.2, 0) is 4.79 Å². The topological polar surface area (TPSA) is 29.4 Å². The Morgan fingerprint density at radius 2 is 1.41 bits per heavy atom. The molecule has 0 bridgehead atoms. The molecule has 0 unspecified atom stereocenters. The second-order valence-electron chi connectivity index (χ2n) is 3.54. The number of hydrogen-bond acceptors (Lipinski definition) is 2. The van der Waals surface area contributed by atoms with Crippen LogP contribution in [0.5, 0.6) is 0 Å². The molecular formula is C15H11NO. The largest absolute Gasteiger partial charge is 0.240 e. The Kier molecular flexibility index (Phi) is 3.64. The molecule has 82 valence electrons. The monoisotopic (exact) mass is 221 g/mol. The van der Waals surface area contributed by atoms with Gasteiger partial charge in [0.15, 0.2) is 0 Å². The average Bonchev–Trinajstić information content (AvgIpc) is 2.40. The van der Waals surface area contributed by atoms with E-state index >= 15 is 0 Å². The van der Waals surface area contributed by atoms with Gasteiger partial charge < -0.3 is 0 Å². The van der Waals surface area contributed by atoms with E-state index in [0.717, 1.165) is 11.1 Å². The maximum atomic E-state index is 10.1. The van der Waals surface area contributed by atoms with Gasteiger partial charge in [-0.05, 0) is 23.3 Å². The fourth-order valence-electron chi connectivity index (χ4n) is 1.47. The van der Waals surface area contributed by atoms with E-state index in [2.05, 4.69) is 4.99 Å². The summed E-state index contributed by atoms with van der Waals surface area (Å²) in [6.45, 7) is 0. The lowest BCUT2D eigenvalue weighted by atomic mass is 10.1. The maximum absolute atomic E-state index is 10.1. The summed E-state index contributed by atoms with van der Waals surface area (Å²) >= 11 is 0. The van der Waals surface area contributed by atoms with Crippen molar-refractivity contribution in [3.05, 3.63) is 65.7 Å². The maximum Gasteiger partial charge on any atom is 0.240 e. The van der Waals surface area contributed by atoms with Crippen LogP contribution in [0, 0.1) is 0 Å². The molecule has 0 radical (unpaired) electrons. The van der Waals surface area contributed by atoms with Crippen molar-refractivity contribution >= 4 is 23.9 Å². The Hall–Kier alpha value is -2.44. The van der Waals surface area contributed by atoms with Gasteiger partial charge in [-0.2, -0.15) is 4.99 Å². The van der Waals surface area contributed by atoms with Crippen LogP contribution in [0.2, 0.25) is 0 Å². The molecule has 0 spiro atoms. The van der Waals surface area contributed by atoms with Gasteiger partial charge in [0.05, 0.1) is 5.69 Å². The molecule has 2 aromatic rings. The minimum absolute atomic E-state index is 0.622. The smallest absolute Gasteiger partial charge is 0.211 e. The van der Waals surface area contributed by atoms with Crippen molar-refractivity contribution in [3.8, 4) is 0 Å². The van der Waals surface area contributed by atoms with Gasteiger partial charge >= 0.3 is 0 Å². The number of carbonyl (C=O) groups excluding carboxylic acids is 1. The van der Waals surface area contributed by atoms with Gasteiger partial charge in [-0.25, -0.2) is 4.79 Å². The molecule has 0 saturated heterocycles. The molecule has 17 heavy (non-hydrogen) atoms. The summed E-state index contributed by atoms with van der Waals surface area (Å²) in [7, 11) is 0. The molecule has 0 aliphatic rings. The molecule has 0 aromatic heterocycles. The Morgan fingerprint density at radius 1 is 0.824 bits per heavy atom. The fourth-order valence-corrected chi connectivity index (χ4v) is 1.47. The minimum atomic E-state index is 0.622. The Bertz CT molecular complexity index is 549. The first-order valence-corrected chi connectivity index (χ1v) is 5.29. The van der Waals surface area contributed by atoms with E-state index in [1.165, 1.54) is 6.08 Å². The van der Waals surface area contributed by atoms with E-state index in [4.69, 9.17) is 0 Å². The summed E-state index contributed by atoms with van der Waals surface area (Å²) in [4.78, 5) is 13.6. The van der Waals surface area contributed by atoms with Gasteiger partial charge in [-0.15, -0.1) is 0 Å². The van der Waals surface area contributed by atoms with Crippen molar-refractivity contribution in [1.82, 2.24) is 0 Å². The molecule has 0 aliphatic heterocycles. The lowest BCUT2D eigenvalue weighted by Crippen LogP contribution is -1.72. The number of hydrogen-bond donors (Lipinski definition) is 0. The molecule has 0 atom stereocenters. The highest BCUT2D eigenvalue weighted by molar-refractivity contribution is 5.70. The van der Waals surface area contributed by atoms with Gasteiger partial charge in [-0.1, -0.05) is 54.6 Å². The first-order valence-electron chi connectivity index (χ1n) is 5.29. The third-order valence-electron chi connectivity index (χ3n) is 2.34. The van der Waals surface area contributed by atoms with Crippen LogP contribution in [0.3, 0.4) is 0 Å². The van der Waals surface area contributed by atoms with Crippen LogP contribution < -0.4 is 0 Å². The number of nitrogens with zero attached hydrogens (tertiary/aromatic N) is 1. The Morgan fingerprint density at radius 3 is 2.00 bits per heavy atom. The zero-order valence-corrected chi connectivity index (χ0v) is 9.21. The molecule has 2 nitrogen and oxygen atoms in total. The van der Waals surface area contributed by atoms with E-state index in [1.54, 1.807) is 12.1 Å². The van der Waals surface area contributed by atoms with Crippen molar-refractivity contribution in [2.75, 3.05) is 0 Å². The van der Waals surface area contributed by atoms with Crippen molar-refractivity contribution in [2.24, 2.45) is 4.99 Å². The van der Waals surface area contributed by atoms with Gasteiger partial charge in [0.2, 0.25) is 6.08 Å². The van der Waals surface area contributed by atoms with Crippen LogP contribution in [0.15, 0.2) is 59.6 Å². The molecule has 0 amide bonds. The minimum Gasteiger partial charge on any atom is -0.211 e. The van der Waals surface area contributed by atoms with Crippen LogP contribution in [0.1, 0.15) is 11.1 Å². The van der Waals surface area contributed by atoms with Crippen molar-refractivity contribution < 1.29 is 4.79 Å². The van der Waals surface area contributed by atoms with Crippen molar-refractivity contribution in [3.63, 3.8) is 0 Å². The predicted molar refractivity (Wildman–Crippen MR) is 69.6 cm³/mol. The summed E-state index contributed by atoms with van der Waals surface area (Å²) in [5, 5.41) is 0. The molecule has 2 rings (SSSR count). The second kappa shape index (κ2) is 5.59. The highest BCUT2D eigenvalue weighted by atomic mass is 16.1. The van der Waals surface area contributed by atoms with Gasteiger partial charge in [-0.3, -0.25) is 0 Å². The number of rotatable bonds is 3. The fraction of sp³-hybridized carbons (Fsp3) is 0. The standard InChI is InChI=1S/C15H11NO/c17-12-16-15-10-8-14(9-11-15)7-6-13-4-2-1-3-5-13/h1-11H. The second-order valence-corrected chi connectivity index (χ2v) is 3.54. The number of benzene rings is 2. The zero-order valence-electron chi connectivity index (χ0n) is 9.21. The third kappa shape index (κ3) is 3.26. The quantitative estimate of drug-likeness (QED) is 0.440. The number of aliphatic imine (C=N–C) groups is 1. The number of isocyanates is 1. The molecular weight excluding hydrogens is 210 g/mol. The first kappa shape index (κ1) is 11.1. The van der Waals surface area contributed by atoms with E-state index in [9.17, 15) is 4.79 Å². The van der Waals surface area contributed by atoms with Crippen LogP contribution in [0.4, 0.5) is 5.69 Å². The lowest BCUT2D eigenvalue weighted by Gasteiger charge is -1.95. The molecule has 0 aliphatic carbocycles. The molecule has 0 N–H and O–H groups in total. The summed E-state index contributed by atoms with van der Waals surface area (Å²) in [5.74, 6) is 0. The summed E-state index contributed by atoms with van der Waals surface area (Å²) < 4.78 is 0. The van der Waals surface area contributed by atoms with Gasteiger partial charge in [0.25, 0.3) is 0 Å². The third-order valence-corrected chi connectivity index (χ3v) is 2.34. The van der Waals surface area contributed by atoms with Crippen LogP contribution >= 0.6 is 0 Å². The van der Waals surface area contributed by atoms with Crippen LogP contribution in [0.25, 0.3) is 12.2 Å². The normalized spacial score (nSPS) is 10.1.